The highest BCUT2D eigenvalue weighted by molar-refractivity contribution is 7.14. The predicted octanol–water partition coefficient (Wildman–Crippen LogP) is 5.00. The Morgan fingerprint density at radius 1 is 1.05 bits per heavy atom. The Morgan fingerprint density at radius 3 is 2.43 bits per heavy atom. The van der Waals surface area contributed by atoms with E-state index in [9.17, 15) is 9.18 Å². The van der Waals surface area contributed by atoms with Crippen LogP contribution in [0.2, 0.25) is 0 Å². The second-order valence-corrected chi connectivity index (χ2v) is 7.00. The monoisotopic (exact) mass is 302 g/mol. The summed E-state index contributed by atoms with van der Waals surface area (Å²) in [4.78, 5) is 15.0. The zero-order valence-electron chi connectivity index (χ0n) is 12.5. The van der Waals surface area contributed by atoms with Crippen LogP contribution in [0.15, 0.2) is 18.2 Å². The van der Waals surface area contributed by atoms with Gasteiger partial charge in [-0.2, -0.15) is 0 Å². The quantitative estimate of drug-likeness (QED) is 0.563. The van der Waals surface area contributed by atoms with Crippen LogP contribution < -0.4 is 0 Å². The van der Waals surface area contributed by atoms with Crippen molar-refractivity contribution in [1.29, 1.82) is 0 Å². The molecule has 0 spiro atoms. The molecule has 21 heavy (non-hydrogen) atoms. The molecule has 0 N–H and O–H groups in total. The van der Waals surface area contributed by atoms with Crippen molar-refractivity contribution in [2.45, 2.75) is 46.0 Å². The number of ketones is 1. The number of benzene rings is 1. The molecule has 2 aromatic rings. The van der Waals surface area contributed by atoms with Gasteiger partial charge in [0, 0.05) is 10.4 Å². The van der Waals surface area contributed by atoms with Crippen molar-refractivity contribution in [2.24, 2.45) is 0 Å². The third-order valence-electron chi connectivity index (χ3n) is 4.19. The molecular weight excluding hydrogens is 283 g/mol. The number of rotatable bonds is 2. The number of aryl methyl sites for hydroxylation is 4. The molecule has 3 heteroatoms. The second-order valence-electron chi connectivity index (χ2n) is 5.86. The second kappa shape index (κ2) is 5.72. The van der Waals surface area contributed by atoms with Gasteiger partial charge in [-0.15, -0.1) is 11.3 Å². The fourth-order valence-electron chi connectivity index (χ4n) is 3.17. The minimum atomic E-state index is -0.275. The van der Waals surface area contributed by atoms with E-state index in [4.69, 9.17) is 0 Å². The molecule has 1 aliphatic carbocycles. The van der Waals surface area contributed by atoms with Crippen molar-refractivity contribution in [1.82, 2.24) is 0 Å². The zero-order valence-corrected chi connectivity index (χ0v) is 13.3. The Hall–Kier alpha value is -1.48. The molecule has 0 atom stereocenters. The highest BCUT2D eigenvalue weighted by atomic mass is 32.1. The molecule has 1 aromatic heterocycles. The number of carbonyl (C=O) groups excluding carboxylic acids is 1. The summed E-state index contributed by atoms with van der Waals surface area (Å²) in [5.41, 5.74) is 3.45. The molecule has 0 aliphatic heterocycles. The fourth-order valence-corrected chi connectivity index (χ4v) is 4.37. The van der Waals surface area contributed by atoms with Crippen LogP contribution in [-0.2, 0) is 12.8 Å². The van der Waals surface area contributed by atoms with Crippen LogP contribution in [0.4, 0.5) is 4.39 Å². The summed E-state index contributed by atoms with van der Waals surface area (Å²) in [5, 5.41) is 0. The van der Waals surface area contributed by atoms with Gasteiger partial charge in [0.1, 0.15) is 5.82 Å². The van der Waals surface area contributed by atoms with Crippen molar-refractivity contribution < 1.29 is 9.18 Å². The van der Waals surface area contributed by atoms with Crippen LogP contribution in [0.3, 0.4) is 0 Å². The molecule has 0 unspecified atom stereocenters. The largest absolute Gasteiger partial charge is 0.288 e. The van der Waals surface area contributed by atoms with E-state index < -0.39 is 0 Å². The maximum absolute atomic E-state index is 13.4. The standard InChI is InChI=1S/C18H19FOS/c1-11-8-14(19)9-12(2)17(11)18(20)16-10-13-6-4-3-5-7-15(13)21-16/h8-10H,3-7H2,1-2H3. The van der Waals surface area contributed by atoms with Gasteiger partial charge in [-0.25, -0.2) is 4.39 Å². The van der Waals surface area contributed by atoms with Gasteiger partial charge < -0.3 is 0 Å². The molecule has 1 heterocycles. The van der Waals surface area contributed by atoms with Gasteiger partial charge in [-0.1, -0.05) is 6.42 Å². The van der Waals surface area contributed by atoms with Gasteiger partial charge in [-0.3, -0.25) is 4.79 Å². The fraction of sp³-hybridized carbons (Fsp3) is 0.389. The highest BCUT2D eigenvalue weighted by Gasteiger charge is 2.20. The molecule has 3 rings (SSSR count). The first-order valence-electron chi connectivity index (χ1n) is 7.49. The molecule has 0 radical (unpaired) electrons. The molecule has 0 saturated heterocycles. The molecule has 0 saturated carbocycles. The van der Waals surface area contributed by atoms with E-state index >= 15 is 0 Å². The lowest BCUT2D eigenvalue weighted by Gasteiger charge is -2.08. The van der Waals surface area contributed by atoms with Crippen LogP contribution in [0.25, 0.3) is 0 Å². The first kappa shape index (κ1) is 14.5. The maximum atomic E-state index is 13.4. The number of hydrogen-bond acceptors (Lipinski definition) is 2. The molecule has 1 nitrogen and oxygen atoms in total. The molecule has 1 aliphatic rings. The number of halogens is 1. The minimum absolute atomic E-state index is 0.0445. The van der Waals surface area contributed by atoms with Crippen LogP contribution in [0.1, 0.15) is 56.1 Å². The lowest BCUT2D eigenvalue weighted by molar-refractivity contribution is 0.104. The normalized spacial score (nSPS) is 14.6. The third-order valence-corrected chi connectivity index (χ3v) is 5.43. The van der Waals surface area contributed by atoms with Crippen molar-refractivity contribution in [2.75, 3.05) is 0 Å². The number of thiophene rings is 1. The maximum Gasteiger partial charge on any atom is 0.203 e. The first-order chi connectivity index (χ1) is 10.1. The minimum Gasteiger partial charge on any atom is -0.288 e. The van der Waals surface area contributed by atoms with Gasteiger partial charge in [0.2, 0.25) is 5.78 Å². The van der Waals surface area contributed by atoms with E-state index in [0.29, 0.717) is 5.56 Å². The van der Waals surface area contributed by atoms with E-state index in [-0.39, 0.29) is 11.6 Å². The average molecular weight is 302 g/mol. The molecule has 1 aromatic carbocycles. The summed E-state index contributed by atoms with van der Waals surface area (Å²) in [7, 11) is 0. The average Bonchev–Trinajstić information content (AvgIpc) is 2.69. The number of carbonyl (C=O) groups is 1. The van der Waals surface area contributed by atoms with Crippen LogP contribution in [0.5, 0.6) is 0 Å². The first-order valence-corrected chi connectivity index (χ1v) is 8.31. The van der Waals surface area contributed by atoms with E-state index in [1.54, 1.807) is 11.3 Å². The van der Waals surface area contributed by atoms with Gasteiger partial charge in [0.05, 0.1) is 4.88 Å². The number of fused-ring (bicyclic) bond motifs is 1. The Balaban J connectivity index is 2.00. The van der Waals surface area contributed by atoms with E-state index in [0.717, 1.165) is 28.8 Å². The van der Waals surface area contributed by atoms with Crippen molar-refractivity contribution in [3.05, 3.63) is 56.0 Å². The Labute approximate surface area is 128 Å². The Kier molecular flexibility index (Phi) is 3.94. The Bertz CT molecular complexity index is 653. The summed E-state index contributed by atoms with van der Waals surface area (Å²) in [5.74, 6) is -0.230. The van der Waals surface area contributed by atoms with Gasteiger partial charge in [0.25, 0.3) is 0 Å². The lowest BCUT2D eigenvalue weighted by atomic mass is 9.97. The molecule has 0 amide bonds. The van der Waals surface area contributed by atoms with Gasteiger partial charge in [-0.05, 0) is 74.4 Å². The zero-order chi connectivity index (χ0) is 15.0. The third kappa shape index (κ3) is 2.80. The van der Waals surface area contributed by atoms with Crippen molar-refractivity contribution in [3.63, 3.8) is 0 Å². The topological polar surface area (TPSA) is 17.1 Å². The summed E-state index contributed by atoms with van der Waals surface area (Å²) >= 11 is 1.63. The van der Waals surface area contributed by atoms with E-state index in [1.165, 1.54) is 41.8 Å². The highest BCUT2D eigenvalue weighted by Crippen LogP contribution is 2.31. The number of hydrogen-bond donors (Lipinski definition) is 0. The van der Waals surface area contributed by atoms with Crippen LogP contribution >= 0.6 is 11.3 Å². The smallest absolute Gasteiger partial charge is 0.203 e. The molecular formula is C18H19FOS. The van der Waals surface area contributed by atoms with Crippen LogP contribution in [-0.4, -0.2) is 5.78 Å². The summed E-state index contributed by atoms with van der Waals surface area (Å²) in [6.07, 6.45) is 5.89. The lowest BCUT2D eigenvalue weighted by Crippen LogP contribution is -2.05. The summed E-state index contributed by atoms with van der Waals surface area (Å²) in [6.45, 7) is 3.61. The van der Waals surface area contributed by atoms with E-state index in [1.807, 2.05) is 13.8 Å². The summed E-state index contributed by atoms with van der Waals surface area (Å²) in [6, 6.07) is 4.95. The van der Waals surface area contributed by atoms with E-state index in [2.05, 4.69) is 6.07 Å². The predicted molar refractivity (Wildman–Crippen MR) is 84.9 cm³/mol. The van der Waals surface area contributed by atoms with Gasteiger partial charge >= 0.3 is 0 Å². The molecule has 0 bridgehead atoms. The van der Waals surface area contributed by atoms with Crippen molar-refractivity contribution >= 4 is 17.1 Å². The summed E-state index contributed by atoms with van der Waals surface area (Å²) < 4.78 is 13.4. The molecule has 0 fully saturated rings. The van der Waals surface area contributed by atoms with Crippen molar-refractivity contribution in [3.8, 4) is 0 Å². The molecule has 110 valence electrons. The van der Waals surface area contributed by atoms with Gasteiger partial charge in [0.15, 0.2) is 0 Å². The van der Waals surface area contributed by atoms with Crippen LogP contribution in [0, 0.1) is 19.7 Å². The Morgan fingerprint density at radius 2 is 1.71 bits per heavy atom. The SMILES string of the molecule is Cc1cc(F)cc(C)c1C(=O)c1cc2c(s1)CCCCC2.